The number of ether oxygens (including phenoxy) is 2. The van der Waals surface area contributed by atoms with Crippen LogP contribution in [0.15, 0.2) is 22.7 Å². The Hall–Kier alpha value is -1.00. The molecule has 1 aromatic carbocycles. The number of halogens is 1. The second-order valence-corrected chi connectivity index (χ2v) is 3.58. The van der Waals surface area contributed by atoms with Crippen molar-refractivity contribution in [3.8, 4) is 11.5 Å². The van der Waals surface area contributed by atoms with Gasteiger partial charge in [0.1, 0.15) is 16.0 Å². The molecule has 0 atom stereocenters. The Morgan fingerprint density at radius 2 is 2.07 bits per heavy atom. The molecule has 0 bridgehead atoms. The number of aliphatic hydroxyl groups excluding tert-OH is 1. The minimum Gasteiger partial charge on any atom is -0.495 e. The van der Waals surface area contributed by atoms with Gasteiger partial charge in [0, 0.05) is 5.56 Å². The molecule has 0 unspecified atom stereocenters. The van der Waals surface area contributed by atoms with Gasteiger partial charge in [0.2, 0.25) is 0 Å². The summed E-state index contributed by atoms with van der Waals surface area (Å²) in [5.41, 5.74) is 0.888. The Bertz CT molecular complexity index is 361. The average Bonchev–Trinajstić information content (AvgIpc) is 2.26. The van der Waals surface area contributed by atoms with Gasteiger partial charge in [0.15, 0.2) is 0 Å². The van der Waals surface area contributed by atoms with E-state index in [0.717, 1.165) is 10.0 Å². The Kier molecular flexibility index (Phi) is 4.65. The molecule has 82 valence electrons. The van der Waals surface area contributed by atoms with E-state index >= 15 is 0 Å². The van der Waals surface area contributed by atoms with Crippen molar-refractivity contribution in [3.63, 3.8) is 0 Å². The molecule has 0 saturated heterocycles. The average molecular weight is 273 g/mol. The summed E-state index contributed by atoms with van der Waals surface area (Å²) in [7, 11) is 3.19. The highest BCUT2D eigenvalue weighted by atomic mass is 79.9. The predicted octanol–water partition coefficient (Wildman–Crippen LogP) is 2.47. The molecule has 0 aromatic heterocycles. The van der Waals surface area contributed by atoms with E-state index in [0.29, 0.717) is 11.5 Å². The summed E-state index contributed by atoms with van der Waals surface area (Å²) in [4.78, 5) is 0. The number of aliphatic hydroxyl groups is 1. The first kappa shape index (κ1) is 12.1. The van der Waals surface area contributed by atoms with Crippen LogP contribution in [-0.2, 0) is 0 Å². The zero-order valence-electron chi connectivity index (χ0n) is 8.66. The van der Waals surface area contributed by atoms with Crippen molar-refractivity contribution in [1.82, 2.24) is 0 Å². The first-order valence-corrected chi connectivity index (χ1v) is 5.21. The molecule has 3 nitrogen and oxygen atoms in total. The van der Waals surface area contributed by atoms with Crippen molar-refractivity contribution in [3.05, 3.63) is 28.2 Å². The highest BCUT2D eigenvalue weighted by Gasteiger charge is 2.10. The molecule has 0 saturated carbocycles. The molecule has 0 amide bonds. The summed E-state index contributed by atoms with van der Waals surface area (Å²) < 4.78 is 11.2. The summed E-state index contributed by atoms with van der Waals surface area (Å²) in [5, 5.41) is 8.70. The van der Waals surface area contributed by atoms with Gasteiger partial charge in [-0.05, 0) is 28.1 Å². The zero-order chi connectivity index (χ0) is 11.3. The smallest absolute Gasteiger partial charge is 0.144 e. The predicted molar refractivity (Wildman–Crippen MR) is 63.4 cm³/mol. The summed E-state index contributed by atoms with van der Waals surface area (Å²) >= 11 is 3.40. The van der Waals surface area contributed by atoms with Gasteiger partial charge in [-0.3, -0.25) is 0 Å². The van der Waals surface area contributed by atoms with Gasteiger partial charge in [-0.1, -0.05) is 12.2 Å². The van der Waals surface area contributed by atoms with E-state index < -0.39 is 0 Å². The van der Waals surface area contributed by atoms with E-state index in [-0.39, 0.29) is 6.61 Å². The molecule has 1 rings (SSSR count). The first-order chi connectivity index (χ1) is 7.24. The number of hydrogen-bond donors (Lipinski definition) is 1. The maximum Gasteiger partial charge on any atom is 0.144 e. The van der Waals surface area contributed by atoms with E-state index in [9.17, 15) is 0 Å². The van der Waals surface area contributed by atoms with Crippen LogP contribution in [0.5, 0.6) is 11.5 Å². The second kappa shape index (κ2) is 5.78. The Labute approximate surface area is 97.5 Å². The molecule has 0 aliphatic rings. The molecule has 0 spiro atoms. The number of hydrogen-bond acceptors (Lipinski definition) is 3. The summed E-state index contributed by atoms with van der Waals surface area (Å²) in [6.45, 7) is 0.00675. The molecule has 0 fully saturated rings. The fourth-order valence-corrected chi connectivity index (χ4v) is 1.91. The maximum atomic E-state index is 8.70. The SMILES string of the molecule is COc1ccc(C=CCO)c(OC)c1Br. The lowest BCUT2D eigenvalue weighted by molar-refractivity contribution is 0.343. The first-order valence-electron chi connectivity index (χ1n) is 4.42. The maximum absolute atomic E-state index is 8.70. The van der Waals surface area contributed by atoms with Gasteiger partial charge < -0.3 is 14.6 Å². The quantitative estimate of drug-likeness (QED) is 0.915. The van der Waals surface area contributed by atoms with E-state index in [2.05, 4.69) is 15.9 Å². The van der Waals surface area contributed by atoms with Crippen molar-refractivity contribution in [2.24, 2.45) is 0 Å². The van der Waals surface area contributed by atoms with E-state index in [1.807, 2.05) is 12.1 Å². The van der Waals surface area contributed by atoms with Crippen LogP contribution in [0.4, 0.5) is 0 Å². The van der Waals surface area contributed by atoms with Crippen LogP contribution in [0.2, 0.25) is 0 Å². The van der Waals surface area contributed by atoms with Gasteiger partial charge in [-0.2, -0.15) is 0 Å². The van der Waals surface area contributed by atoms with Gasteiger partial charge in [-0.25, -0.2) is 0 Å². The third-order valence-electron chi connectivity index (χ3n) is 1.92. The molecule has 15 heavy (non-hydrogen) atoms. The van der Waals surface area contributed by atoms with Gasteiger partial charge in [-0.15, -0.1) is 0 Å². The third-order valence-corrected chi connectivity index (χ3v) is 2.67. The van der Waals surface area contributed by atoms with Gasteiger partial charge in [0.05, 0.1) is 20.8 Å². The highest BCUT2D eigenvalue weighted by molar-refractivity contribution is 9.10. The monoisotopic (exact) mass is 272 g/mol. The molecular formula is C11H13BrO3. The largest absolute Gasteiger partial charge is 0.495 e. The Balaban J connectivity index is 3.18. The molecule has 1 aromatic rings. The van der Waals surface area contributed by atoms with Crippen LogP contribution in [-0.4, -0.2) is 25.9 Å². The summed E-state index contributed by atoms with van der Waals surface area (Å²) in [6, 6.07) is 3.71. The van der Waals surface area contributed by atoms with Crippen molar-refractivity contribution in [2.75, 3.05) is 20.8 Å². The summed E-state index contributed by atoms with van der Waals surface area (Å²) in [6.07, 6.45) is 3.44. The lowest BCUT2D eigenvalue weighted by atomic mass is 10.2. The molecule has 0 aliphatic heterocycles. The van der Waals surface area contributed by atoms with Crippen LogP contribution in [0.25, 0.3) is 6.08 Å². The fraction of sp³-hybridized carbons (Fsp3) is 0.273. The molecule has 4 heteroatoms. The number of benzene rings is 1. The standard InChI is InChI=1S/C11H13BrO3/c1-14-9-6-5-8(4-3-7-13)11(15-2)10(9)12/h3-6,13H,7H2,1-2H3. The molecule has 0 radical (unpaired) electrons. The normalized spacial score (nSPS) is 10.7. The highest BCUT2D eigenvalue weighted by Crippen LogP contribution is 2.37. The lowest BCUT2D eigenvalue weighted by Crippen LogP contribution is -1.92. The zero-order valence-corrected chi connectivity index (χ0v) is 10.2. The van der Waals surface area contributed by atoms with Crippen LogP contribution >= 0.6 is 15.9 Å². The summed E-state index contributed by atoms with van der Waals surface area (Å²) in [5.74, 6) is 1.41. The van der Waals surface area contributed by atoms with Crippen LogP contribution in [0.3, 0.4) is 0 Å². The minimum atomic E-state index is 0.00675. The molecular weight excluding hydrogens is 260 g/mol. The van der Waals surface area contributed by atoms with Crippen LogP contribution < -0.4 is 9.47 Å². The fourth-order valence-electron chi connectivity index (χ4n) is 1.23. The molecule has 1 N–H and O–H groups in total. The van der Waals surface area contributed by atoms with Crippen LogP contribution in [0.1, 0.15) is 5.56 Å². The Morgan fingerprint density at radius 3 is 2.60 bits per heavy atom. The van der Waals surface area contributed by atoms with E-state index in [1.165, 1.54) is 0 Å². The minimum absolute atomic E-state index is 0.00675. The van der Waals surface area contributed by atoms with E-state index in [4.69, 9.17) is 14.6 Å². The molecule has 0 heterocycles. The molecule has 0 aliphatic carbocycles. The topological polar surface area (TPSA) is 38.7 Å². The van der Waals surface area contributed by atoms with Crippen molar-refractivity contribution in [1.29, 1.82) is 0 Å². The second-order valence-electron chi connectivity index (χ2n) is 2.79. The third kappa shape index (κ3) is 2.73. The van der Waals surface area contributed by atoms with Crippen molar-refractivity contribution in [2.45, 2.75) is 0 Å². The number of rotatable bonds is 4. The van der Waals surface area contributed by atoms with Gasteiger partial charge in [0.25, 0.3) is 0 Å². The number of methoxy groups -OCH3 is 2. The lowest BCUT2D eigenvalue weighted by Gasteiger charge is -2.10. The van der Waals surface area contributed by atoms with Crippen LogP contribution in [0, 0.1) is 0 Å². The van der Waals surface area contributed by atoms with Crippen molar-refractivity contribution >= 4 is 22.0 Å². The van der Waals surface area contributed by atoms with Gasteiger partial charge >= 0.3 is 0 Å². The van der Waals surface area contributed by atoms with E-state index in [1.54, 1.807) is 26.4 Å². The Morgan fingerprint density at radius 1 is 1.33 bits per heavy atom. The van der Waals surface area contributed by atoms with Crippen molar-refractivity contribution < 1.29 is 14.6 Å².